The molecule has 3 rings (SSSR count). The van der Waals surface area contributed by atoms with Gasteiger partial charge < -0.3 is 4.98 Å². The lowest BCUT2D eigenvalue weighted by Crippen LogP contribution is -2.14. The van der Waals surface area contributed by atoms with E-state index in [4.69, 9.17) is 11.6 Å². The maximum absolute atomic E-state index is 11.7. The SMILES string of the molecule is O=c1[nH]cc(Br)c2nc(-c3ccc(Cl)cc3)cn12. The van der Waals surface area contributed by atoms with Gasteiger partial charge in [0.2, 0.25) is 0 Å². The molecule has 1 N–H and O–H groups in total. The first-order chi connectivity index (χ1) is 8.65. The highest BCUT2D eigenvalue weighted by molar-refractivity contribution is 9.10. The standard InChI is InChI=1S/C12H7BrClN3O/c13-9-5-15-12(18)17-6-10(16-11(9)17)7-1-3-8(14)4-2-7/h1-6H,(H,15,18). The van der Waals surface area contributed by atoms with Crippen LogP contribution in [0, 0.1) is 0 Å². The molecule has 0 unspecified atom stereocenters. The summed E-state index contributed by atoms with van der Waals surface area (Å²) in [5.41, 5.74) is 2.00. The van der Waals surface area contributed by atoms with Crippen LogP contribution in [0.4, 0.5) is 0 Å². The molecule has 0 aliphatic carbocycles. The molecule has 2 aromatic heterocycles. The summed E-state index contributed by atoms with van der Waals surface area (Å²) in [6.07, 6.45) is 3.28. The first-order valence-electron chi connectivity index (χ1n) is 5.17. The summed E-state index contributed by atoms with van der Waals surface area (Å²) in [5.74, 6) is 0. The van der Waals surface area contributed by atoms with Crippen LogP contribution in [0.1, 0.15) is 0 Å². The molecule has 0 spiro atoms. The van der Waals surface area contributed by atoms with E-state index in [1.165, 1.54) is 4.40 Å². The average molecular weight is 325 g/mol. The fourth-order valence-electron chi connectivity index (χ4n) is 1.72. The summed E-state index contributed by atoms with van der Waals surface area (Å²) in [5, 5.41) is 0.668. The molecular formula is C12H7BrClN3O. The van der Waals surface area contributed by atoms with Crippen LogP contribution in [0.3, 0.4) is 0 Å². The van der Waals surface area contributed by atoms with Gasteiger partial charge in [-0.25, -0.2) is 14.2 Å². The third-order valence-electron chi connectivity index (χ3n) is 2.60. The zero-order valence-electron chi connectivity index (χ0n) is 9.02. The van der Waals surface area contributed by atoms with E-state index >= 15 is 0 Å². The molecule has 4 nitrogen and oxygen atoms in total. The van der Waals surface area contributed by atoms with E-state index < -0.39 is 0 Å². The first-order valence-corrected chi connectivity index (χ1v) is 6.34. The zero-order chi connectivity index (χ0) is 12.7. The van der Waals surface area contributed by atoms with Gasteiger partial charge in [0, 0.05) is 23.0 Å². The van der Waals surface area contributed by atoms with E-state index in [1.807, 2.05) is 12.1 Å². The molecule has 0 fully saturated rings. The molecule has 0 radical (unpaired) electrons. The summed E-state index contributed by atoms with van der Waals surface area (Å²) in [7, 11) is 0. The molecule has 6 heteroatoms. The highest BCUT2D eigenvalue weighted by Crippen LogP contribution is 2.22. The minimum Gasteiger partial charge on any atom is -0.313 e. The van der Waals surface area contributed by atoms with Crippen LogP contribution in [0.2, 0.25) is 5.02 Å². The van der Waals surface area contributed by atoms with Crippen LogP contribution >= 0.6 is 27.5 Å². The number of aromatic nitrogens is 3. The van der Waals surface area contributed by atoms with Gasteiger partial charge in [0.1, 0.15) is 0 Å². The number of imidazole rings is 1. The predicted octanol–water partition coefficient (Wildman–Crippen LogP) is 3.11. The number of halogens is 2. The molecule has 18 heavy (non-hydrogen) atoms. The van der Waals surface area contributed by atoms with Crippen molar-refractivity contribution in [1.29, 1.82) is 0 Å². The summed E-state index contributed by atoms with van der Waals surface area (Å²) in [4.78, 5) is 18.7. The molecule has 0 atom stereocenters. The van der Waals surface area contributed by atoms with Crippen LogP contribution in [-0.2, 0) is 0 Å². The van der Waals surface area contributed by atoms with Crippen molar-refractivity contribution in [3.8, 4) is 11.3 Å². The van der Waals surface area contributed by atoms with Gasteiger partial charge in [0.15, 0.2) is 5.65 Å². The normalized spacial score (nSPS) is 11.0. The topological polar surface area (TPSA) is 50.2 Å². The molecule has 2 heterocycles. The molecule has 3 aromatic rings. The summed E-state index contributed by atoms with van der Waals surface area (Å²) in [6, 6.07) is 7.32. The van der Waals surface area contributed by atoms with Crippen molar-refractivity contribution in [2.45, 2.75) is 0 Å². The van der Waals surface area contributed by atoms with Crippen molar-refractivity contribution in [3.63, 3.8) is 0 Å². The van der Waals surface area contributed by atoms with E-state index in [0.717, 1.165) is 15.7 Å². The van der Waals surface area contributed by atoms with Crippen LogP contribution in [0.15, 0.2) is 45.9 Å². The molecular weight excluding hydrogens is 318 g/mol. The Labute approximate surface area is 115 Å². The van der Waals surface area contributed by atoms with Crippen molar-refractivity contribution in [1.82, 2.24) is 14.4 Å². The second-order valence-electron chi connectivity index (χ2n) is 3.77. The fourth-order valence-corrected chi connectivity index (χ4v) is 2.24. The third-order valence-corrected chi connectivity index (χ3v) is 3.44. The van der Waals surface area contributed by atoms with Crippen LogP contribution in [0.25, 0.3) is 16.9 Å². The number of hydrogen-bond acceptors (Lipinski definition) is 2. The number of H-pyrrole nitrogens is 1. The van der Waals surface area contributed by atoms with Gasteiger partial charge in [0.25, 0.3) is 0 Å². The lowest BCUT2D eigenvalue weighted by Gasteiger charge is -1.95. The summed E-state index contributed by atoms with van der Waals surface area (Å²) >= 11 is 9.19. The monoisotopic (exact) mass is 323 g/mol. The van der Waals surface area contributed by atoms with Gasteiger partial charge in [-0.05, 0) is 28.1 Å². The van der Waals surface area contributed by atoms with Crippen molar-refractivity contribution in [2.24, 2.45) is 0 Å². The Bertz CT molecular complexity index is 776. The Morgan fingerprint density at radius 3 is 2.67 bits per heavy atom. The smallest absolute Gasteiger partial charge is 0.313 e. The van der Waals surface area contributed by atoms with E-state index in [0.29, 0.717) is 10.7 Å². The maximum atomic E-state index is 11.7. The Kier molecular flexibility index (Phi) is 2.72. The van der Waals surface area contributed by atoms with Gasteiger partial charge in [-0.15, -0.1) is 0 Å². The number of nitrogens with one attached hydrogen (secondary N) is 1. The van der Waals surface area contributed by atoms with Crippen LogP contribution in [0.5, 0.6) is 0 Å². The van der Waals surface area contributed by atoms with Crippen molar-refractivity contribution < 1.29 is 0 Å². The Morgan fingerprint density at radius 1 is 1.28 bits per heavy atom. The predicted molar refractivity (Wildman–Crippen MR) is 74.0 cm³/mol. The van der Waals surface area contributed by atoms with Gasteiger partial charge in [-0.1, -0.05) is 23.7 Å². The van der Waals surface area contributed by atoms with E-state index in [-0.39, 0.29) is 5.69 Å². The Morgan fingerprint density at radius 2 is 2.00 bits per heavy atom. The average Bonchev–Trinajstić information content (AvgIpc) is 2.81. The lowest BCUT2D eigenvalue weighted by molar-refractivity contribution is 0.996. The van der Waals surface area contributed by atoms with Gasteiger partial charge in [-0.3, -0.25) is 0 Å². The van der Waals surface area contributed by atoms with E-state index in [2.05, 4.69) is 25.9 Å². The maximum Gasteiger partial charge on any atom is 0.331 e. The van der Waals surface area contributed by atoms with Crippen molar-refractivity contribution >= 4 is 33.2 Å². The minimum atomic E-state index is -0.221. The van der Waals surface area contributed by atoms with Gasteiger partial charge >= 0.3 is 5.69 Å². The lowest BCUT2D eigenvalue weighted by atomic mass is 10.2. The van der Waals surface area contributed by atoms with Gasteiger partial charge in [-0.2, -0.15) is 0 Å². The number of benzene rings is 1. The second-order valence-corrected chi connectivity index (χ2v) is 5.06. The summed E-state index contributed by atoms with van der Waals surface area (Å²) < 4.78 is 2.20. The van der Waals surface area contributed by atoms with Crippen molar-refractivity contribution in [2.75, 3.05) is 0 Å². The first kappa shape index (κ1) is 11.5. The molecule has 0 amide bonds. The zero-order valence-corrected chi connectivity index (χ0v) is 11.4. The number of aromatic amines is 1. The van der Waals surface area contributed by atoms with Crippen LogP contribution in [-0.4, -0.2) is 14.4 Å². The highest BCUT2D eigenvalue weighted by atomic mass is 79.9. The Hall–Kier alpha value is -1.59. The summed E-state index contributed by atoms with van der Waals surface area (Å²) in [6.45, 7) is 0. The molecule has 0 bridgehead atoms. The molecule has 0 aliphatic heterocycles. The Balaban J connectivity index is 2.25. The second kappa shape index (κ2) is 4.26. The molecule has 0 saturated carbocycles. The largest absolute Gasteiger partial charge is 0.331 e. The van der Waals surface area contributed by atoms with Crippen molar-refractivity contribution in [3.05, 3.63) is 56.6 Å². The fraction of sp³-hybridized carbons (Fsp3) is 0. The minimum absolute atomic E-state index is 0.221. The quantitative estimate of drug-likeness (QED) is 0.748. The van der Waals surface area contributed by atoms with Crippen LogP contribution < -0.4 is 5.69 Å². The molecule has 1 aromatic carbocycles. The highest BCUT2D eigenvalue weighted by Gasteiger charge is 2.08. The molecule has 0 saturated heterocycles. The third kappa shape index (κ3) is 1.85. The number of hydrogen-bond donors (Lipinski definition) is 1. The van der Waals surface area contributed by atoms with Gasteiger partial charge in [0.05, 0.1) is 10.2 Å². The number of fused-ring (bicyclic) bond motifs is 1. The number of nitrogens with zero attached hydrogens (tertiary/aromatic N) is 2. The number of rotatable bonds is 1. The van der Waals surface area contributed by atoms with E-state index in [1.54, 1.807) is 24.5 Å². The molecule has 90 valence electrons. The van der Waals surface area contributed by atoms with E-state index in [9.17, 15) is 4.79 Å². The molecule has 0 aliphatic rings.